The van der Waals surface area contributed by atoms with E-state index in [-0.39, 0.29) is 11.9 Å². The van der Waals surface area contributed by atoms with E-state index in [1.165, 1.54) is 23.1 Å². The summed E-state index contributed by atoms with van der Waals surface area (Å²) in [6.45, 7) is 9.34. The monoisotopic (exact) mass is 356 g/mol. The van der Waals surface area contributed by atoms with Gasteiger partial charge >= 0.3 is 0 Å². The maximum atomic E-state index is 12.1. The topological polar surface area (TPSA) is 50.4 Å². The second kappa shape index (κ2) is 10.2. The zero-order chi connectivity index (χ0) is 18.9. The Balaban J connectivity index is 1.65. The Labute approximate surface area is 157 Å². The van der Waals surface area contributed by atoms with E-state index < -0.39 is 0 Å². The summed E-state index contributed by atoms with van der Waals surface area (Å²) in [5.41, 5.74) is 3.87. The van der Waals surface area contributed by atoms with E-state index in [1.54, 1.807) is 7.11 Å². The highest BCUT2D eigenvalue weighted by atomic mass is 16.5. The van der Waals surface area contributed by atoms with Gasteiger partial charge in [0, 0.05) is 12.6 Å². The minimum Gasteiger partial charge on any atom is -0.497 e. The fraction of sp³-hybridized carbons (Fsp3) is 0.500. The summed E-state index contributed by atoms with van der Waals surface area (Å²) >= 11 is 0. The van der Waals surface area contributed by atoms with E-state index in [0.717, 1.165) is 31.6 Å². The Hall–Kier alpha value is -2.07. The molecule has 0 heterocycles. The number of carbonyl (C=O) groups excluding carboxylic acids is 1. The van der Waals surface area contributed by atoms with Gasteiger partial charge in [-0.15, -0.1) is 0 Å². The Morgan fingerprint density at radius 1 is 1.35 bits per heavy atom. The normalized spacial score (nSPS) is 18.0. The van der Waals surface area contributed by atoms with Crippen molar-refractivity contribution in [3.63, 3.8) is 0 Å². The van der Waals surface area contributed by atoms with Crippen molar-refractivity contribution in [2.45, 2.75) is 45.6 Å². The molecule has 2 atom stereocenters. The summed E-state index contributed by atoms with van der Waals surface area (Å²) in [6, 6.07) is 8.06. The van der Waals surface area contributed by atoms with Gasteiger partial charge < -0.3 is 15.4 Å². The average Bonchev–Trinajstić information content (AvgIpc) is 2.62. The van der Waals surface area contributed by atoms with Crippen LogP contribution in [0.3, 0.4) is 0 Å². The third kappa shape index (κ3) is 6.68. The first-order chi connectivity index (χ1) is 12.5. The lowest BCUT2D eigenvalue weighted by Gasteiger charge is -2.22. The molecule has 1 aromatic rings. The maximum absolute atomic E-state index is 12.1. The number of rotatable bonds is 9. The summed E-state index contributed by atoms with van der Waals surface area (Å²) in [5, 5.41) is 6.32. The van der Waals surface area contributed by atoms with Crippen molar-refractivity contribution in [1.29, 1.82) is 0 Å². The molecule has 2 N–H and O–H groups in total. The number of carbonyl (C=O) groups is 1. The quantitative estimate of drug-likeness (QED) is 0.664. The summed E-state index contributed by atoms with van der Waals surface area (Å²) in [4.78, 5) is 12.1. The molecule has 1 amide bonds. The molecule has 1 aliphatic rings. The van der Waals surface area contributed by atoms with Crippen molar-refractivity contribution < 1.29 is 9.53 Å². The summed E-state index contributed by atoms with van der Waals surface area (Å²) in [6.07, 6.45) is 6.47. The minimum atomic E-state index is 0.0437. The van der Waals surface area contributed by atoms with Crippen molar-refractivity contribution in [3.8, 4) is 5.75 Å². The first-order valence-corrected chi connectivity index (χ1v) is 9.44. The average molecular weight is 357 g/mol. The fourth-order valence-electron chi connectivity index (χ4n) is 3.33. The number of ether oxygens (including phenoxy) is 1. The SMILES string of the molecule is C=C(C)C1CC=C(CNCC(=O)NC(C)Cc2ccc(OC)cc2)CC1. The van der Waals surface area contributed by atoms with Crippen LogP contribution in [0.2, 0.25) is 0 Å². The molecule has 26 heavy (non-hydrogen) atoms. The molecule has 0 saturated carbocycles. The highest BCUT2D eigenvalue weighted by Crippen LogP contribution is 2.27. The van der Waals surface area contributed by atoms with Crippen LogP contribution in [0.4, 0.5) is 0 Å². The van der Waals surface area contributed by atoms with Crippen LogP contribution in [0.15, 0.2) is 48.1 Å². The van der Waals surface area contributed by atoms with Gasteiger partial charge in [-0.05, 0) is 63.1 Å². The molecular formula is C22H32N2O2. The maximum Gasteiger partial charge on any atom is 0.234 e. The molecule has 0 bridgehead atoms. The van der Waals surface area contributed by atoms with Gasteiger partial charge in [0.2, 0.25) is 5.91 Å². The summed E-state index contributed by atoms with van der Waals surface area (Å²) in [7, 11) is 1.66. The van der Waals surface area contributed by atoms with Crippen molar-refractivity contribution in [3.05, 3.63) is 53.6 Å². The molecule has 0 radical (unpaired) electrons. The standard InChI is InChI=1S/C22H32N2O2/c1-16(2)20-9-5-19(6-10-20)14-23-15-22(25)24-17(3)13-18-7-11-21(26-4)12-8-18/h5,7-8,11-12,17,20,23H,1,6,9-10,13-15H2,2-4H3,(H,24,25). The highest BCUT2D eigenvalue weighted by Gasteiger charge is 2.15. The molecule has 0 fully saturated rings. The predicted molar refractivity (Wildman–Crippen MR) is 107 cm³/mol. The third-order valence-electron chi connectivity index (χ3n) is 4.95. The van der Waals surface area contributed by atoms with Crippen LogP contribution in [-0.4, -0.2) is 32.1 Å². The second-order valence-electron chi connectivity index (χ2n) is 7.30. The minimum absolute atomic E-state index is 0.0437. The van der Waals surface area contributed by atoms with Crippen LogP contribution >= 0.6 is 0 Å². The van der Waals surface area contributed by atoms with Gasteiger partial charge in [-0.25, -0.2) is 0 Å². The number of hydrogen-bond donors (Lipinski definition) is 2. The third-order valence-corrected chi connectivity index (χ3v) is 4.95. The number of allylic oxidation sites excluding steroid dienone is 2. The number of nitrogens with one attached hydrogen (secondary N) is 2. The van der Waals surface area contributed by atoms with Gasteiger partial charge in [0.15, 0.2) is 0 Å². The zero-order valence-corrected chi connectivity index (χ0v) is 16.3. The molecule has 0 aliphatic heterocycles. The fourth-order valence-corrected chi connectivity index (χ4v) is 3.33. The van der Waals surface area contributed by atoms with E-state index >= 15 is 0 Å². The van der Waals surface area contributed by atoms with Gasteiger partial charge in [-0.1, -0.05) is 35.9 Å². The largest absolute Gasteiger partial charge is 0.497 e. The van der Waals surface area contributed by atoms with Crippen LogP contribution in [0.1, 0.15) is 38.7 Å². The molecule has 142 valence electrons. The van der Waals surface area contributed by atoms with Crippen LogP contribution in [0.5, 0.6) is 5.75 Å². The molecule has 2 rings (SSSR count). The molecule has 1 aromatic carbocycles. The van der Waals surface area contributed by atoms with Crippen LogP contribution in [0.25, 0.3) is 0 Å². The first-order valence-electron chi connectivity index (χ1n) is 9.44. The number of hydrogen-bond acceptors (Lipinski definition) is 3. The van der Waals surface area contributed by atoms with E-state index in [1.807, 2.05) is 31.2 Å². The molecule has 4 heteroatoms. The van der Waals surface area contributed by atoms with Crippen molar-refractivity contribution in [2.24, 2.45) is 5.92 Å². The van der Waals surface area contributed by atoms with Crippen LogP contribution in [0, 0.1) is 5.92 Å². The van der Waals surface area contributed by atoms with Crippen LogP contribution in [-0.2, 0) is 11.2 Å². The molecule has 1 aliphatic carbocycles. The summed E-state index contributed by atoms with van der Waals surface area (Å²) < 4.78 is 5.16. The molecular weight excluding hydrogens is 324 g/mol. The Morgan fingerprint density at radius 2 is 2.08 bits per heavy atom. The van der Waals surface area contributed by atoms with Gasteiger partial charge in [0.05, 0.1) is 13.7 Å². The number of methoxy groups -OCH3 is 1. The van der Waals surface area contributed by atoms with Gasteiger partial charge in [-0.3, -0.25) is 4.79 Å². The summed E-state index contributed by atoms with van der Waals surface area (Å²) in [5.74, 6) is 1.52. The lowest BCUT2D eigenvalue weighted by molar-refractivity contribution is -0.120. The molecule has 2 unspecified atom stereocenters. The van der Waals surface area contributed by atoms with E-state index in [4.69, 9.17) is 4.74 Å². The Bertz CT molecular complexity index is 634. The van der Waals surface area contributed by atoms with Gasteiger partial charge in [-0.2, -0.15) is 0 Å². The van der Waals surface area contributed by atoms with Gasteiger partial charge in [0.25, 0.3) is 0 Å². The number of amides is 1. The van der Waals surface area contributed by atoms with Crippen LogP contribution < -0.4 is 15.4 Å². The zero-order valence-electron chi connectivity index (χ0n) is 16.3. The second-order valence-corrected chi connectivity index (χ2v) is 7.30. The predicted octanol–water partition coefficient (Wildman–Crippen LogP) is 3.63. The Morgan fingerprint density at radius 3 is 2.65 bits per heavy atom. The lowest BCUT2D eigenvalue weighted by atomic mass is 9.85. The van der Waals surface area contributed by atoms with Crippen molar-refractivity contribution >= 4 is 5.91 Å². The van der Waals surface area contributed by atoms with Crippen molar-refractivity contribution in [2.75, 3.05) is 20.2 Å². The molecule has 0 aromatic heterocycles. The Kier molecular flexibility index (Phi) is 7.92. The number of benzene rings is 1. The van der Waals surface area contributed by atoms with Crippen molar-refractivity contribution in [1.82, 2.24) is 10.6 Å². The van der Waals surface area contributed by atoms with E-state index in [9.17, 15) is 4.79 Å². The molecule has 0 saturated heterocycles. The molecule has 4 nitrogen and oxygen atoms in total. The molecule has 0 spiro atoms. The first kappa shape index (κ1) is 20.2. The smallest absolute Gasteiger partial charge is 0.234 e. The highest BCUT2D eigenvalue weighted by molar-refractivity contribution is 5.78. The lowest BCUT2D eigenvalue weighted by Crippen LogP contribution is -2.40. The van der Waals surface area contributed by atoms with E-state index in [2.05, 4.69) is 30.2 Å². The van der Waals surface area contributed by atoms with Gasteiger partial charge in [0.1, 0.15) is 5.75 Å². The van der Waals surface area contributed by atoms with E-state index in [0.29, 0.717) is 12.5 Å².